The van der Waals surface area contributed by atoms with Crippen molar-refractivity contribution in [3.05, 3.63) is 70.8 Å². The molecule has 1 heterocycles. The summed E-state index contributed by atoms with van der Waals surface area (Å²) in [5.74, 6) is -1.27. The highest BCUT2D eigenvalue weighted by Crippen LogP contribution is 2.31. The summed E-state index contributed by atoms with van der Waals surface area (Å²) in [4.78, 5) is 50.3. The second kappa shape index (κ2) is 8.49. The van der Waals surface area contributed by atoms with E-state index in [1.165, 1.54) is 0 Å². The average Bonchev–Trinajstić information content (AvgIpc) is 2.99. The van der Waals surface area contributed by atoms with E-state index in [1.54, 1.807) is 37.3 Å². The van der Waals surface area contributed by atoms with Crippen LogP contribution < -0.4 is 10.7 Å². The maximum absolute atomic E-state index is 13.0. The summed E-state index contributed by atoms with van der Waals surface area (Å²) in [7, 11) is 0. The molecule has 0 saturated carbocycles. The minimum Gasteiger partial charge on any atom is -0.318 e. The zero-order valence-corrected chi connectivity index (χ0v) is 17.3. The lowest BCUT2D eigenvalue weighted by atomic mass is 9.87. The molecule has 0 bridgehead atoms. The monoisotopic (exact) mass is 407 g/mol. The van der Waals surface area contributed by atoms with Gasteiger partial charge in [-0.05, 0) is 37.5 Å². The van der Waals surface area contributed by atoms with Crippen molar-refractivity contribution in [2.75, 3.05) is 0 Å². The molecule has 0 aliphatic carbocycles. The van der Waals surface area contributed by atoms with Crippen molar-refractivity contribution >= 4 is 23.6 Å². The van der Waals surface area contributed by atoms with E-state index in [1.807, 2.05) is 32.0 Å². The minimum atomic E-state index is -1.22. The molecule has 1 fully saturated rings. The Kier molecular flexibility index (Phi) is 6.01. The van der Waals surface area contributed by atoms with Crippen LogP contribution in [0.15, 0.2) is 48.5 Å². The molecular weight excluding hydrogens is 382 g/mol. The van der Waals surface area contributed by atoms with Gasteiger partial charge >= 0.3 is 6.03 Å². The Labute approximate surface area is 175 Å². The van der Waals surface area contributed by atoms with E-state index < -0.39 is 23.4 Å². The van der Waals surface area contributed by atoms with E-state index >= 15 is 0 Å². The first kappa shape index (κ1) is 21.2. The van der Waals surface area contributed by atoms with Gasteiger partial charge in [0, 0.05) is 18.4 Å². The van der Waals surface area contributed by atoms with Crippen LogP contribution in [0, 0.1) is 13.8 Å². The molecule has 0 unspecified atom stereocenters. The number of rotatable bonds is 7. The number of urea groups is 1. The number of aryl methyl sites for hydroxylation is 2. The van der Waals surface area contributed by atoms with Crippen LogP contribution in [0.25, 0.3) is 0 Å². The smallest absolute Gasteiger partial charge is 0.318 e. The number of Topliss-reactive ketones (excluding diaryl/α,β-unsaturated/α-hetero) is 1. The molecule has 2 aromatic rings. The molecule has 1 saturated heterocycles. The van der Waals surface area contributed by atoms with Gasteiger partial charge in [-0.3, -0.25) is 19.8 Å². The van der Waals surface area contributed by atoms with Crippen LogP contribution >= 0.6 is 0 Å². The third kappa shape index (κ3) is 3.96. The number of hydrazine groups is 1. The van der Waals surface area contributed by atoms with E-state index in [-0.39, 0.29) is 18.6 Å². The summed E-state index contributed by atoms with van der Waals surface area (Å²) < 4.78 is 0. The molecule has 3 rings (SSSR count). The van der Waals surface area contributed by atoms with Crippen molar-refractivity contribution in [3.8, 4) is 0 Å². The standard InChI is InChI=1S/C23H25N3O4/c1-4-23(17-8-6-5-7-9-17)21(29)26(22(30)24-23)25-20(28)13-12-19(27)18-14-15(2)10-11-16(18)3/h5-11,14H,4,12-13H2,1-3H3,(H,24,30)(H,25,28)/t23-/m0/s1. The van der Waals surface area contributed by atoms with Crippen LogP contribution in [0.4, 0.5) is 4.79 Å². The lowest BCUT2D eigenvalue weighted by molar-refractivity contribution is -0.139. The van der Waals surface area contributed by atoms with Crippen LogP contribution in [0.2, 0.25) is 0 Å². The maximum atomic E-state index is 13.0. The number of hydrogen-bond donors (Lipinski definition) is 2. The zero-order chi connectivity index (χ0) is 21.9. The van der Waals surface area contributed by atoms with Gasteiger partial charge in [0.25, 0.3) is 5.91 Å². The number of carbonyl (C=O) groups excluding carboxylic acids is 4. The molecule has 7 heteroatoms. The lowest BCUT2D eigenvalue weighted by Gasteiger charge is -2.25. The number of hydrogen-bond acceptors (Lipinski definition) is 4. The number of imide groups is 1. The van der Waals surface area contributed by atoms with E-state index in [0.29, 0.717) is 22.6 Å². The second-order valence-electron chi connectivity index (χ2n) is 7.47. The van der Waals surface area contributed by atoms with Gasteiger partial charge < -0.3 is 5.32 Å². The summed E-state index contributed by atoms with van der Waals surface area (Å²) in [6.07, 6.45) is 0.185. The molecule has 0 aromatic heterocycles. The Balaban J connectivity index is 1.67. The molecule has 7 nitrogen and oxygen atoms in total. The summed E-state index contributed by atoms with van der Waals surface area (Å²) >= 11 is 0. The van der Waals surface area contributed by atoms with Crippen molar-refractivity contribution in [2.45, 2.75) is 45.6 Å². The zero-order valence-electron chi connectivity index (χ0n) is 17.3. The van der Waals surface area contributed by atoms with Crippen molar-refractivity contribution < 1.29 is 19.2 Å². The van der Waals surface area contributed by atoms with Gasteiger partial charge in [0.2, 0.25) is 5.91 Å². The Bertz CT molecular complexity index is 1000. The maximum Gasteiger partial charge on any atom is 0.344 e. The van der Waals surface area contributed by atoms with E-state index in [2.05, 4.69) is 10.7 Å². The van der Waals surface area contributed by atoms with Crippen LogP contribution in [-0.4, -0.2) is 28.6 Å². The molecular formula is C23H25N3O4. The quantitative estimate of drug-likeness (QED) is 0.544. The Morgan fingerprint density at radius 3 is 2.40 bits per heavy atom. The molecule has 1 aliphatic rings. The van der Waals surface area contributed by atoms with E-state index in [0.717, 1.165) is 11.1 Å². The van der Waals surface area contributed by atoms with Crippen LogP contribution in [0.3, 0.4) is 0 Å². The number of nitrogens with zero attached hydrogens (tertiary/aromatic N) is 1. The van der Waals surface area contributed by atoms with Crippen molar-refractivity contribution in [1.29, 1.82) is 0 Å². The Hall–Kier alpha value is -3.48. The summed E-state index contributed by atoms with van der Waals surface area (Å²) in [5, 5.41) is 3.41. The van der Waals surface area contributed by atoms with Gasteiger partial charge in [0.1, 0.15) is 5.54 Å². The highest BCUT2D eigenvalue weighted by atomic mass is 16.2. The fourth-order valence-electron chi connectivity index (χ4n) is 3.62. The molecule has 0 radical (unpaired) electrons. The SMILES string of the molecule is CC[C@@]1(c2ccccc2)NC(=O)N(NC(=O)CCC(=O)c2cc(C)ccc2C)C1=O. The predicted octanol–water partition coefficient (Wildman–Crippen LogP) is 3.15. The third-order valence-corrected chi connectivity index (χ3v) is 5.40. The summed E-state index contributed by atoms with van der Waals surface area (Å²) in [6, 6.07) is 13.8. The summed E-state index contributed by atoms with van der Waals surface area (Å²) in [5.41, 5.74) is 4.16. The normalized spacial score (nSPS) is 18.3. The third-order valence-electron chi connectivity index (χ3n) is 5.40. The van der Waals surface area contributed by atoms with Crippen molar-refractivity contribution in [2.24, 2.45) is 0 Å². The lowest BCUT2D eigenvalue weighted by Crippen LogP contribution is -2.48. The van der Waals surface area contributed by atoms with Gasteiger partial charge in [-0.15, -0.1) is 0 Å². The van der Waals surface area contributed by atoms with Crippen molar-refractivity contribution in [3.63, 3.8) is 0 Å². The molecule has 156 valence electrons. The molecule has 0 spiro atoms. The average molecular weight is 407 g/mol. The van der Waals surface area contributed by atoms with Crippen LogP contribution in [0.1, 0.15) is 53.2 Å². The molecule has 2 N–H and O–H groups in total. The first-order chi connectivity index (χ1) is 14.3. The molecule has 1 aliphatic heterocycles. The number of nitrogens with one attached hydrogen (secondary N) is 2. The molecule has 30 heavy (non-hydrogen) atoms. The minimum absolute atomic E-state index is 0.0165. The molecule has 2 aromatic carbocycles. The van der Waals surface area contributed by atoms with Gasteiger partial charge in [0.05, 0.1) is 0 Å². The van der Waals surface area contributed by atoms with E-state index in [9.17, 15) is 19.2 Å². The fourth-order valence-corrected chi connectivity index (χ4v) is 3.62. The van der Waals surface area contributed by atoms with Crippen molar-refractivity contribution in [1.82, 2.24) is 15.8 Å². The molecule has 1 atom stereocenters. The first-order valence-corrected chi connectivity index (χ1v) is 9.90. The number of carbonyl (C=O) groups is 4. The Morgan fingerprint density at radius 1 is 1.03 bits per heavy atom. The predicted molar refractivity (Wildman–Crippen MR) is 111 cm³/mol. The topological polar surface area (TPSA) is 95.6 Å². The highest BCUT2D eigenvalue weighted by molar-refractivity contribution is 6.08. The Morgan fingerprint density at radius 2 is 1.73 bits per heavy atom. The summed E-state index contributed by atoms with van der Waals surface area (Å²) in [6.45, 7) is 5.53. The fraction of sp³-hybridized carbons (Fsp3) is 0.304. The number of benzene rings is 2. The van der Waals surface area contributed by atoms with Gasteiger partial charge in [-0.2, -0.15) is 5.01 Å². The van der Waals surface area contributed by atoms with Crippen LogP contribution in [-0.2, 0) is 15.1 Å². The van der Waals surface area contributed by atoms with Gasteiger partial charge in [-0.1, -0.05) is 55.0 Å². The molecule has 4 amide bonds. The van der Waals surface area contributed by atoms with E-state index in [4.69, 9.17) is 0 Å². The number of ketones is 1. The van der Waals surface area contributed by atoms with Gasteiger partial charge in [0.15, 0.2) is 5.78 Å². The first-order valence-electron chi connectivity index (χ1n) is 9.90. The van der Waals surface area contributed by atoms with Crippen LogP contribution in [0.5, 0.6) is 0 Å². The number of amides is 4. The highest BCUT2D eigenvalue weighted by Gasteiger charge is 2.52. The van der Waals surface area contributed by atoms with Gasteiger partial charge in [-0.25, -0.2) is 4.79 Å². The largest absolute Gasteiger partial charge is 0.344 e. The second-order valence-corrected chi connectivity index (χ2v) is 7.47.